The van der Waals surface area contributed by atoms with Crippen molar-refractivity contribution in [2.24, 2.45) is 5.92 Å². The van der Waals surface area contributed by atoms with E-state index in [1.54, 1.807) is 12.0 Å². The van der Waals surface area contributed by atoms with Gasteiger partial charge in [-0.05, 0) is 49.4 Å². The highest BCUT2D eigenvalue weighted by Crippen LogP contribution is 2.25. The van der Waals surface area contributed by atoms with Gasteiger partial charge in [0.25, 0.3) is 0 Å². The van der Waals surface area contributed by atoms with Crippen molar-refractivity contribution in [3.05, 3.63) is 29.8 Å². The summed E-state index contributed by atoms with van der Waals surface area (Å²) in [6, 6.07) is 7.76. The molecule has 22 heavy (non-hydrogen) atoms. The van der Waals surface area contributed by atoms with Gasteiger partial charge < -0.3 is 14.7 Å². The average molecular weight is 317 g/mol. The van der Waals surface area contributed by atoms with E-state index < -0.39 is 12.3 Å². The number of hydrogen-bond acceptors (Lipinski definition) is 3. The summed E-state index contributed by atoms with van der Waals surface area (Å²) in [4.78, 5) is 1.71. The normalized spacial score (nSPS) is 21.6. The van der Waals surface area contributed by atoms with Crippen molar-refractivity contribution in [3.63, 3.8) is 0 Å². The van der Waals surface area contributed by atoms with Crippen LogP contribution in [-0.4, -0.2) is 49.0 Å². The Hall–Kier alpha value is -1.27. The van der Waals surface area contributed by atoms with E-state index in [0.29, 0.717) is 19.0 Å². The molecule has 0 aliphatic carbocycles. The zero-order chi connectivity index (χ0) is 16.2. The number of methoxy groups -OCH3 is 1. The van der Waals surface area contributed by atoms with Crippen LogP contribution in [0.1, 0.15) is 18.4 Å². The molecule has 2 atom stereocenters. The molecule has 1 aromatic carbocycles. The van der Waals surface area contributed by atoms with Crippen molar-refractivity contribution in [1.29, 1.82) is 0 Å². The highest BCUT2D eigenvalue weighted by Gasteiger charge is 2.39. The van der Waals surface area contributed by atoms with Crippen LogP contribution in [0.15, 0.2) is 24.3 Å². The van der Waals surface area contributed by atoms with Gasteiger partial charge in [-0.2, -0.15) is 13.2 Å². The first-order valence-corrected chi connectivity index (χ1v) is 7.48. The summed E-state index contributed by atoms with van der Waals surface area (Å²) in [5.41, 5.74) is 1.13. The maximum atomic E-state index is 12.4. The molecule has 1 heterocycles. The molecule has 1 aromatic rings. The number of likely N-dealkylation sites (tertiary alicyclic amines) is 1. The van der Waals surface area contributed by atoms with Crippen LogP contribution in [0.25, 0.3) is 0 Å². The molecule has 3 nitrogen and oxygen atoms in total. The minimum Gasteiger partial charge on any atom is -0.497 e. The smallest absolute Gasteiger partial charge is 0.415 e. The predicted octanol–water partition coefficient (Wildman–Crippen LogP) is 2.87. The quantitative estimate of drug-likeness (QED) is 0.906. The number of ether oxygens (including phenoxy) is 1. The molecule has 0 saturated carbocycles. The fourth-order valence-electron chi connectivity index (χ4n) is 2.96. The van der Waals surface area contributed by atoms with Crippen LogP contribution >= 0.6 is 0 Å². The van der Waals surface area contributed by atoms with Crippen molar-refractivity contribution in [2.45, 2.75) is 31.5 Å². The minimum atomic E-state index is -4.54. The summed E-state index contributed by atoms with van der Waals surface area (Å²) in [5, 5.41) is 9.20. The third-order valence-corrected chi connectivity index (χ3v) is 4.07. The molecule has 1 unspecified atom stereocenters. The molecule has 1 aliphatic rings. The highest BCUT2D eigenvalue weighted by molar-refractivity contribution is 5.28. The minimum absolute atomic E-state index is 0.307. The van der Waals surface area contributed by atoms with E-state index in [0.717, 1.165) is 30.6 Å². The van der Waals surface area contributed by atoms with Gasteiger partial charge in [0.05, 0.1) is 7.11 Å². The Kier molecular flexibility index (Phi) is 5.69. The summed E-state index contributed by atoms with van der Waals surface area (Å²) in [6.07, 6.45) is -4.13. The van der Waals surface area contributed by atoms with Crippen molar-refractivity contribution in [3.8, 4) is 5.75 Å². The molecule has 0 spiro atoms. The second-order valence-corrected chi connectivity index (χ2v) is 5.88. The van der Waals surface area contributed by atoms with E-state index in [9.17, 15) is 18.3 Å². The topological polar surface area (TPSA) is 32.7 Å². The molecule has 0 radical (unpaired) electrons. The van der Waals surface area contributed by atoms with Gasteiger partial charge in [0.15, 0.2) is 6.10 Å². The Morgan fingerprint density at radius 2 is 2.18 bits per heavy atom. The monoisotopic (exact) mass is 317 g/mol. The third kappa shape index (κ3) is 4.88. The number of benzene rings is 1. The summed E-state index contributed by atoms with van der Waals surface area (Å²) in [7, 11) is 1.61. The predicted molar refractivity (Wildman–Crippen MR) is 77.9 cm³/mol. The Morgan fingerprint density at radius 3 is 2.86 bits per heavy atom. The fraction of sp³-hybridized carbons (Fsp3) is 0.625. The average Bonchev–Trinajstić information content (AvgIpc) is 2.47. The first-order valence-electron chi connectivity index (χ1n) is 7.48. The Labute approximate surface area is 128 Å². The van der Waals surface area contributed by atoms with Crippen LogP contribution in [-0.2, 0) is 6.42 Å². The summed E-state index contributed by atoms with van der Waals surface area (Å²) in [6.45, 7) is 0.865. The summed E-state index contributed by atoms with van der Waals surface area (Å²) >= 11 is 0. The van der Waals surface area contributed by atoms with Crippen molar-refractivity contribution >= 4 is 0 Å². The second-order valence-electron chi connectivity index (χ2n) is 5.88. The van der Waals surface area contributed by atoms with Crippen LogP contribution in [0.2, 0.25) is 0 Å². The number of nitrogens with zero attached hydrogens (tertiary/aromatic N) is 1. The zero-order valence-corrected chi connectivity index (χ0v) is 12.6. The van der Waals surface area contributed by atoms with Crippen LogP contribution in [0.5, 0.6) is 5.75 Å². The van der Waals surface area contributed by atoms with Crippen LogP contribution in [0.4, 0.5) is 13.2 Å². The zero-order valence-electron chi connectivity index (χ0n) is 12.6. The lowest BCUT2D eigenvalue weighted by atomic mass is 9.91. The Bertz CT molecular complexity index is 479. The van der Waals surface area contributed by atoms with Gasteiger partial charge in [-0.25, -0.2) is 0 Å². The molecule has 0 bridgehead atoms. The lowest BCUT2D eigenvalue weighted by Crippen LogP contribution is -2.45. The molecule has 124 valence electrons. The van der Waals surface area contributed by atoms with E-state index in [2.05, 4.69) is 0 Å². The number of aliphatic hydroxyl groups is 1. The SMILES string of the molecule is COc1cccc(CC2CCCN(C[C@H](O)C(F)(F)F)C2)c1. The van der Waals surface area contributed by atoms with E-state index >= 15 is 0 Å². The molecule has 2 rings (SSSR count). The number of aliphatic hydroxyl groups excluding tert-OH is 1. The first kappa shape index (κ1) is 17.1. The number of halogens is 3. The molecule has 1 saturated heterocycles. The molecule has 0 aromatic heterocycles. The van der Waals surface area contributed by atoms with E-state index in [-0.39, 0.29) is 6.54 Å². The van der Waals surface area contributed by atoms with Crippen molar-refractivity contribution < 1.29 is 23.0 Å². The number of β-amino-alcohol motifs (C(OH)–C–C–N with tert-alkyl or cyclic N) is 1. The summed E-state index contributed by atoms with van der Waals surface area (Å²) < 4.78 is 42.5. The summed E-state index contributed by atoms with van der Waals surface area (Å²) in [5.74, 6) is 1.10. The number of alkyl halides is 3. The van der Waals surface area contributed by atoms with Gasteiger partial charge in [-0.15, -0.1) is 0 Å². The highest BCUT2D eigenvalue weighted by atomic mass is 19.4. The van der Waals surface area contributed by atoms with Gasteiger partial charge in [0.2, 0.25) is 0 Å². The van der Waals surface area contributed by atoms with Gasteiger partial charge in [0.1, 0.15) is 5.75 Å². The van der Waals surface area contributed by atoms with Crippen molar-refractivity contribution in [1.82, 2.24) is 4.90 Å². The maximum absolute atomic E-state index is 12.4. The van der Waals surface area contributed by atoms with Gasteiger partial charge >= 0.3 is 6.18 Å². The molecular formula is C16H22F3NO2. The molecule has 6 heteroatoms. The molecule has 1 aliphatic heterocycles. The second kappa shape index (κ2) is 7.33. The molecule has 0 amide bonds. The Balaban J connectivity index is 1.90. The number of rotatable bonds is 5. The molecular weight excluding hydrogens is 295 g/mol. The van der Waals surface area contributed by atoms with Crippen LogP contribution < -0.4 is 4.74 Å². The standard InChI is InChI=1S/C16H22F3NO2/c1-22-14-6-2-4-12(9-14)8-13-5-3-7-20(10-13)11-15(21)16(17,18)19/h2,4,6,9,13,15,21H,3,5,7-8,10-11H2,1H3/t13?,15-/m0/s1. The molecule has 1 N–H and O–H groups in total. The Morgan fingerprint density at radius 1 is 1.41 bits per heavy atom. The van der Waals surface area contributed by atoms with Gasteiger partial charge in [-0.1, -0.05) is 12.1 Å². The number of hydrogen-bond donors (Lipinski definition) is 1. The first-order chi connectivity index (χ1) is 10.4. The lowest BCUT2D eigenvalue weighted by Gasteiger charge is -2.34. The van der Waals surface area contributed by atoms with Gasteiger partial charge in [-0.3, -0.25) is 0 Å². The van der Waals surface area contributed by atoms with Crippen molar-refractivity contribution in [2.75, 3.05) is 26.7 Å². The largest absolute Gasteiger partial charge is 0.497 e. The molecule has 1 fully saturated rings. The van der Waals surface area contributed by atoms with Crippen LogP contribution in [0.3, 0.4) is 0 Å². The fourth-order valence-corrected chi connectivity index (χ4v) is 2.96. The van der Waals surface area contributed by atoms with E-state index in [4.69, 9.17) is 4.74 Å². The van der Waals surface area contributed by atoms with Gasteiger partial charge in [0, 0.05) is 13.1 Å². The third-order valence-electron chi connectivity index (χ3n) is 4.07. The maximum Gasteiger partial charge on any atom is 0.415 e. The lowest BCUT2D eigenvalue weighted by molar-refractivity contribution is -0.209. The van der Waals surface area contributed by atoms with E-state index in [1.165, 1.54) is 0 Å². The van der Waals surface area contributed by atoms with E-state index in [1.807, 2.05) is 24.3 Å². The van der Waals surface area contributed by atoms with Crippen LogP contribution in [0, 0.1) is 5.92 Å². The number of piperidine rings is 1.